The highest BCUT2D eigenvalue weighted by Crippen LogP contribution is 2.33. The van der Waals surface area contributed by atoms with Crippen LogP contribution >= 0.6 is 0 Å². The first-order chi connectivity index (χ1) is 9.12. The van der Waals surface area contributed by atoms with Crippen LogP contribution in [0.2, 0.25) is 0 Å². The molecule has 110 valence electrons. The van der Waals surface area contributed by atoms with Crippen LogP contribution < -0.4 is 10.6 Å². The van der Waals surface area contributed by atoms with Crippen LogP contribution in [0.5, 0.6) is 0 Å². The van der Waals surface area contributed by atoms with Gasteiger partial charge in [0.05, 0.1) is 0 Å². The highest BCUT2D eigenvalue weighted by atomic mass is 16.1. The molecule has 2 N–H and O–H groups in total. The molecule has 1 saturated heterocycles. The summed E-state index contributed by atoms with van der Waals surface area (Å²) in [7, 11) is 4.28. The molecule has 1 heterocycles. The van der Waals surface area contributed by atoms with Gasteiger partial charge in [0.25, 0.3) is 0 Å². The van der Waals surface area contributed by atoms with Crippen LogP contribution in [0.1, 0.15) is 51.4 Å². The fraction of sp³-hybridized carbons (Fsp3) is 0.933. The van der Waals surface area contributed by atoms with Crippen molar-refractivity contribution in [3.05, 3.63) is 0 Å². The normalized spacial score (nSPS) is 25.9. The number of likely N-dealkylation sites (N-methyl/N-ethyl adjacent to an activating group) is 1. The second-order valence-corrected chi connectivity index (χ2v) is 6.43. The van der Waals surface area contributed by atoms with Crippen molar-refractivity contribution in [3.8, 4) is 0 Å². The van der Waals surface area contributed by atoms with Crippen molar-refractivity contribution >= 4 is 5.91 Å². The van der Waals surface area contributed by atoms with Crippen LogP contribution in [0.4, 0.5) is 0 Å². The van der Waals surface area contributed by atoms with Gasteiger partial charge in [0.15, 0.2) is 0 Å². The standard InChI is InChI=1S/C15H29N3O/c1-18(2)15(9-3-4-10-15)12-17-14(19)8-7-13-6-5-11-16-13/h13,16H,3-12H2,1-2H3,(H,17,19). The average molecular weight is 267 g/mol. The number of hydrogen-bond acceptors (Lipinski definition) is 3. The number of nitrogens with zero attached hydrogens (tertiary/aromatic N) is 1. The second-order valence-electron chi connectivity index (χ2n) is 6.43. The van der Waals surface area contributed by atoms with Crippen LogP contribution in [-0.2, 0) is 4.79 Å². The lowest BCUT2D eigenvalue weighted by atomic mass is 9.96. The topological polar surface area (TPSA) is 44.4 Å². The molecule has 0 aromatic heterocycles. The molecule has 0 bridgehead atoms. The van der Waals surface area contributed by atoms with Gasteiger partial charge in [-0.05, 0) is 52.7 Å². The third-order valence-corrected chi connectivity index (χ3v) is 4.98. The van der Waals surface area contributed by atoms with Crippen LogP contribution in [-0.4, -0.2) is 49.6 Å². The molecule has 1 aliphatic heterocycles. The van der Waals surface area contributed by atoms with E-state index < -0.39 is 0 Å². The van der Waals surface area contributed by atoms with E-state index in [9.17, 15) is 4.79 Å². The van der Waals surface area contributed by atoms with E-state index in [2.05, 4.69) is 29.6 Å². The van der Waals surface area contributed by atoms with E-state index in [1.165, 1.54) is 38.5 Å². The second kappa shape index (κ2) is 6.71. The summed E-state index contributed by atoms with van der Waals surface area (Å²) in [6, 6.07) is 0.569. The number of hydrogen-bond donors (Lipinski definition) is 2. The molecule has 2 fully saturated rings. The van der Waals surface area contributed by atoms with Gasteiger partial charge in [-0.25, -0.2) is 0 Å². The molecule has 1 aliphatic carbocycles. The average Bonchev–Trinajstić information content (AvgIpc) is 3.05. The Hall–Kier alpha value is -0.610. The number of carbonyl (C=O) groups is 1. The maximum absolute atomic E-state index is 12.0. The predicted molar refractivity (Wildman–Crippen MR) is 78.2 cm³/mol. The van der Waals surface area contributed by atoms with Crippen LogP contribution in [0.3, 0.4) is 0 Å². The van der Waals surface area contributed by atoms with Crippen molar-refractivity contribution in [2.75, 3.05) is 27.2 Å². The molecule has 1 unspecified atom stereocenters. The van der Waals surface area contributed by atoms with Gasteiger partial charge in [0.1, 0.15) is 0 Å². The van der Waals surface area contributed by atoms with Crippen molar-refractivity contribution in [2.24, 2.45) is 0 Å². The third kappa shape index (κ3) is 3.93. The fourth-order valence-corrected chi connectivity index (χ4v) is 3.48. The number of nitrogens with one attached hydrogen (secondary N) is 2. The molecule has 0 radical (unpaired) electrons. The van der Waals surface area contributed by atoms with E-state index in [4.69, 9.17) is 0 Å². The van der Waals surface area contributed by atoms with E-state index >= 15 is 0 Å². The first-order valence-corrected chi connectivity index (χ1v) is 7.80. The van der Waals surface area contributed by atoms with E-state index in [-0.39, 0.29) is 11.4 Å². The summed E-state index contributed by atoms with van der Waals surface area (Å²) in [6.07, 6.45) is 9.15. The Labute approximate surface area is 117 Å². The minimum atomic E-state index is 0.210. The summed E-state index contributed by atoms with van der Waals surface area (Å²) < 4.78 is 0. The molecule has 1 amide bonds. The first kappa shape index (κ1) is 14.8. The molecule has 2 aliphatic rings. The largest absolute Gasteiger partial charge is 0.354 e. The van der Waals surface area contributed by atoms with E-state index in [1.807, 2.05) is 0 Å². The zero-order chi connectivity index (χ0) is 13.7. The summed E-state index contributed by atoms with van der Waals surface area (Å²) >= 11 is 0. The van der Waals surface area contributed by atoms with Gasteiger partial charge in [0.2, 0.25) is 5.91 Å². The first-order valence-electron chi connectivity index (χ1n) is 7.80. The summed E-state index contributed by atoms with van der Waals surface area (Å²) in [5.41, 5.74) is 0.210. The SMILES string of the molecule is CN(C)C1(CNC(=O)CCC2CCCN2)CCCC1. The molecule has 0 aromatic rings. The lowest BCUT2D eigenvalue weighted by Crippen LogP contribution is -2.50. The van der Waals surface area contributed by atoms with E-state index in [0.29, 0.717) is 12.5 Å². The van der Waals surface area contributed by atoms with Crippen LogP contribution in [0.15, 0.2) is 0 Å². The van der Waals surface area contributed by atoms with Gasteiger partial charge in [-0.3, -0.25) is 4.79 Å². The summed E-state index contributed by atoms with van der Waals surface area (Å²) in [4.78, 5) is 14.3. The minimum Gasteiger partial charge on any atom is -0.354 e. The molecule has 1 saturated carbocycles. The zero-order valence-corrected chi connectivity index (χ0v) is 12.5. The van der Waals surface area contributed by atoms with Crippen molar-refractivity contribution in [2.45, 2.75) is 62.9 Å². The fourth-order valence-electron chi connectivity index (χ4n) is 3.48. The number of rotatable bonds is 6. The van der Waals surface area contributed by atoms with Crippen LogP contribution in [0.25, 0.3) is 0 Å². The highest BCUT2D eigenvalue weighted by Gasteiger charge is 2.36. The zero-order valence-electron chi connectivity index (χ0n) is 12.5. The molecule has 19 heavy (non-hydrogen) atoms. The van der Waals surface area contributed by atoms with Crippen molar-refractivity contribution in [3.63, 3.8) is 0 Å². The Morgan fingerprint density at radius 1 is 1.32 bits per heavy atom. The van der Waals surface area contributed by atoms with Gasteiger partial charge in [-0.1, -0.05) is 12.8 Å². The van der Waals surface area contributed by atoms with Gasteiger partial charge in [0, 0.05) is 24.5 Å². The summed E-state index contributed by atoms with van der Waals surface area (Å²) in [5.74, 6) is 0.224. The number of carbonyl (C=O) groups excluding carboxylic acids is 1. The molecule has 4 nitrogen and oxygen atoms in total. The molecular weight excluding hydrogens is 238 g/mol. The molecule has 2 rings (SSSR count). The Morgan fingerprint density at radius 2 is 2.05 bits per heavy atom. The van der Waals surface area contributed by atoms with Crippen molar-refractivity contribution in [1.82, 2.24) is 15.5 Å². The Kier molecular flexibility index (Phi) is 5.22. The molecule has 0 aromatic carbocycles. The Morgan fingerprint density at radius 3 is 2.63 bits per heavy atom. The minimum absolute atomic E-state index is 0.210. The van der Waals surface area contributed by atoms with Crippen molar-refractivity contribution in [1.29, 1.82) is 0 Å². The third-order valence-electron chi connectivity index (χ3n) is 4.98. The lowest BCUT2D eigenvalue weighted by molar-refractivity contribution is -0.121. The smallest absolute Gasteiger partial charge is 0.220 e. The van der Waals surface area contributed by atoms with Gasteiger partial charge < -0.3 is 15.5 Å². The highest BCUT2D eigenvalue weighted by molar-refractivity contribution is 5.76. The maximum atomic E-state index is 12.0. The molecule has 1 atom stereocenters. The van der Waals surface area contributed by atoms with Gasteiger partial charge in [-0.15, -0.1) is 0 Å². The quantitative estimate of drug-likeness (QED) is 0.767. The molecule has 4 heteroatoms. The van der Waals surface area contributed by atoms with E-state index in [0.717, 1.165) is 19.5 Å². The summed E-state index contributed by atoms with van der Waals surface area (Å²) in [6.45, 7) is 1.94. The maximum Gasteiger partial charge on any atom is 0.220 e. The lowest BCUT2D eigenvalue weighted by Gasteiger charge is -2.36. The van der Waals surface area contributed by atoms with Gasteiger partial charge in [-0.2, -0.15) is 0 Å². The predicted octanol–water partition coefficient (Wildman–Crippen LogP) is 1.51. The monoisotopic (exact) mass is 267 g/mol. The molecule has 0 spiro atoms. The van der Waals surface area contributed by atoms with E-state index in [1.54, 1.807) is 0 Å². The number of amides is 1. The van der Waals surface area contributed by atoms with Crippen molar-refractivity contribution < 1.29 is 4.79 Å². The Bertz CT molecular complexity index is 292. The van der Waals surface area contributed by atoms with Gasteiger partial charge >= 0.3 is 0 Å². The Balaban J connectivity index is 1.69. The summed E-state index contributed by atoms with van der Waals surface area (Å²) in [5, 5.41) is 6.61. The van der Waals surface area contributed by atoms with Crippen LogP contribution in [0, 0.1) is 0 Å². The molecular formula is C15H29N3O.